The molecule has 0 aromatic carbocycles. The van der Waals surface area contributed by atoms with Gasteiger partial charge in [-0.1, -0.05) is 0 Å². The van der Waals surface area contributed by atoms with Crippen LogP contribution < -0.4 is 0 Å². The number of rotatable bonds is 4. The molecule has 1 aliphatic rings. The lowest BCUT2D eigenvalue weighted by Crippen LogP contribution is -2.60. The highest BCUT2D eigenvalue weighted by Crippen LogP contribution is 2.15. The summed E-state index contributed by atoms with van der Waals surface area (Å²) in [5.41, 5.74) is 0. The van der Waals surface area contributed by atoms with Gasteiger partial charge in [-0.2, -0.15) is 0 Å². The molecular weight excluding hydrogens is 168 g/mol. The summed E-state index contributed by atoms with van der Waals surface area (Å²) < 4.78 is 0. The molecule has 1 fully saturated rings. The first-order chi connectivity index (χ1) is 6.00. The normalized spacial score (nSPS) is 19.5. The molecule has 0 aliphatic carbocycles. The van der Waals surface area contributed by atoms with E-state index in [2.05, 4.69) is 18.7 Å². The van der Waals surface area contributed by atoms with Crippen LogP contribution in [0.3, 0.4) is 0 Å². The molecule has 76 valence electrons. The summed E-state index contributed by atoms with van der Waals surface area (Å²) in [6.45, 7) is 6.47. The van der Waals surface area contributed by atoms with Gasteiger partial charge in [-0.25, -0.2) is 0 Å². The third-order valence-electron chi connectivity index (χ3n) is 2.63. The van der Waals surface area contributed by atoms with Gasteiger partial charge in [-0.05, 0) is 20.9 Å². The maximum Gasteiger partial charge on any atom is 0.317 e. The van der Waals surface area contributed by atoms with Crippen molar-refractivity contribution in [2.75, 3.05) is 26.7 Å². The fraction of sp³-hybridized carbons (Fsp3) is 0.889. The number of aliphatic carboxylic acids is 1. The Bertz CT molecular complexity index is 188. The molecule has 0 amide bonds. The Hall–Kier alpha value is -0.610. The highest BCUT2D eigenvalue weighted by atomic mass is 16.4. The van der Waals surface area contributed by atoms with Crippen LogP contribution >= 0.6 is 0 Å². The minimum absolute atomic E-state index is 0.149. The Kier molecular flexibility index (Phi) is 3.27. The van der Waals surface area contributed by atoms with Crippen LogP contribution in [0.2, 0.25) is 0 Å². The van der Waals surface area contributed by atoms with Gasteiger partial charge < -0.3 is 5.11 Å². The number of likely N-dealkylation sites (N-methyl/N-ethyl adjacent to an activating group) is 1. The second kappa shape index (κ2) is 4.07. The lowest BCUT2D eigenvalue weighted by atomic mass is 10.1. The van der Waals surface area contributed by atoms with Gasteiger partial charge in [0.05, 0.1) is 6.54 Å². The molecule has 1 saturated heterocycles. The zero-order valence-corrected chi connectivity index (χ0v) is 8.53. The average molecular weight is 186 g/mol. The zero-order valence-electron chi connectivity index (χ0n) is 8.53. The van der Waals surface area contributed by atoms with E-state index in [0.717, 1.165) is 13.1 Å². The molecule has 0 atom stereocenters. The zero-order chi connectivity index (χ0) is 10.0. The topological polar surface area (TPSA) is 43.8 Å². The molecule has 4 nitrogen and oxygen atoms in total. The Labute approximate surface area is 79.1 Å². The van der Waals surface area contributed by atoms with E-state index in [0.29, 0.717) is 12.1 Å². The van der Waals surface area contributed by atoms with Crippen LogP contribution in [-0.2, 0) is 4.79 Å². The van der Waals surface area contributed by atoms with Crippen molar-refractivity contribution in [3.8, 4) is 0 Å². The van der Waals surface area contributed by atoms with Crippen LogP contribution in [0.5, 0.6) is 0 Å². The molecule has 0 radical (unpaired) electrons. The highest BCUT2D eigenvalue weighted by molar-refractivity contribution is 5.69. The second-order valence-electron chi connectivity index (χ2n) is 4.01. The van der Waals surface area contributed by atoms with E-state index < -0.39 is 5.97 Å². The van der Waals surface area contributed by atoms with Gasteiger partial charge in [0, 0.05) is 25.2 Å². The van der Waals surface area contributed by atoms with Crippen LogP contribution in [-0.4, -0.2) is 59.6 Å². The van der Waals surface area contributed by atoms with Gasteiger partial charge in [0.2, 0.25) is 0 Å². The fourth-order valence-corrected chi connectivity index (χ4v) is 1.53. The molecule has 4 heteroatoms. The summed E-state index contributed by atoms with van der Waals surface area (Å²) >= 11 is 0. The van der Waals surface area contributed by atoms with Gasteiger partial charge in [0.15, 0.2) is 0 Å². The minimum Gasteiger partial charge on any atom is -0.480 e. The third kappa shape index (κ3) is 2.67. The van der Waals surface area contributed by atoms with Gasteiger partial charge in [-0.15, -0.1) is 0 Å². The Morgan fingerprint density at radius 3 is 2.54 bits per heavy atom. The van der Waals surface area contributed by atoms with Crippen molar-refractivity contribution >= 4 is 5.97 Å². The number of likely N-dealkylation sites (tertiary alicyclic amines) is 1. The molecular formula is C9H18N2O2. The maximum absolute atomic E-state index is 10.4. The smallest absolute Gasteiger partial charge is 0.317 e. The van der Waals surface area contributed by atoms with E-state index in [1.165, 1.54) is 0 Å². The van der Waals surface area contributed by atoms with Crippen molar-refractivity contribution in [1.29, 1.82) is 0 Å². The molecule has 0 saturated carbocycles. The molecule has 1 N–H and O–H groups in total. The Morgan fingerprint density at radius 2 is 2.15 bits per heavy atom. The lowest BCUT2D eigenvalue weighted by Gasteiger charge is -2.45. The van der Waals surface area contributed by atoms with Gasteiger partial charge in [0.25, 0.3) is 0 Å². The number of carboxylic acids is 1. The monoisotopic (exact) mass is 186 g/mol. The van der Waals surface area contributed by atoms with Crippen molar-refractivity contribution in [1.82, 2.24) is 9.80 Å². The molecule has 1 heterocycles. The van der Waals surface area contributed by atoms with Crippen molar-refractivity contribution in [3.63, 3.8) is 0 Å². The minimum atomic E-state index is -0.745. The summed E-state index contributed by atoms with van der Waals surface area (Å²) in [4.78, 5) is 14.7. The summed E-state index contributed by atoms with van der Waals surface area (Å²) in [5, 5.41) is 8.57. The Balaban J connectivity index is 2.23. The second-order valence-corrected chi connectivity index (χ2v) is 4.01. The molecule has 0 aromatic heterocycles. The van der Waals surface area contributed by atoms with Crippen molar-refractivity contribution < 1.29 is 9.90 Å². The maximum atomic E-state index is 10.4. The first-order valence-corrected chi connectivity index (χ1v) is 4.66. The van der Waals surface area contributed by atoms with Crippen molar-refractivity contribution in [2.45, 2.75) is 25.9 Å². The average Bonchev–Trinajstić information content (AvgIpc) is 1.79. The van der Waals surface area contributed by atoms with Crippen LogP contribution in [0.25, 0.3) is 0 Å². The summed E-state index contributed by atoms with van der Waals surface area (Å²) in [7, 11) is 1.87. The van der Waals surface area contributed by atoms with E-state index in [9.17, 15) is 4.79 Å². The SMILES string of the molecule is CC(C)N1CC(N(C)CC(=O)O)C1. The molecule has 13 heavy (non-hydrogen) atoms. The highest BCUT2D eigenvalue weighted by Gasteiger charge is 2.31. The third-order valence-corrected chi connectivity index (χ3v) is 2.63. The van der Waals surface area contributed by atoms with Gasteiger partial charge in [0.1, 0.15) is 0 Å². The molecule has 0 unspecified atom stereocenters. The molecule has 0 spiro atoms. The molecule has 0 aromatic rings. The number of hydrogen-bond donors (Lipinski definition) is 1. The lowest BCUT2D eigenvalue weighted by molar-refractivity contribution is -0.139. The van der Waals surface area contributed by atoms with Crippen LogP contribution in [0.15, 0.2) is 0 Å². The van der Waals surface area contributed by atoms with Crippen LogP contribution in [0, 0.1) is 0 Å². The van der Waals surface area contributed by atoms with Crippen LogP contribution in [0.1, 0.15) is 13.8 Å². The number of carbonyl (C=O) groups is 1. The van der Waals surface area contributed by atoms with E-state index in [4.69, 9.17) is 5.11 Å². The predicted octanol–water partition coefficient (Wildman–Crippen LogP) is 0.0954. The summed E-state index contributed by atoms with van der Waals surface area (Å²) in [5.74, 6) is -0.745. The van der Waals surface area contributed by atoms with E-state index in [1.807, 2.05) is 11.9 Å². The molecule has 1 aliphatic heterocycles. The molecule has 1 rings (SSSR count). The summed E-state index contributed by atoms with van der Waals surface area (Å²) in [6, 6.07) is 1.01. The number of nitrogens with zero attached hydrogens (tertiary/aromatic N) is 2. The van der Waals surface area contributed by atoms with E-state index in [1.54, 1.807) is 0 Å². The quantitative estimate of drug-likeness (QED) is 0.676. The van der Waals surface area contributed by atoms with E-state index >= 15 is 0 Å². The first kappa shape index (κ1) is 10.5. The Morgan fingerprint density at radius 1 is 1.62 bits per heavy atom. The van der Waals surface area contributed by atoms with Crippen LogP contribution in [0.4, 0.5) is 0 Å². The number of carboxylic acid groups (broad SMARTS) is 1. The van der Waals surface area contributed by atoms with Crippen molar-refractivity contribution in [2.24, 2.45) is 0 Å². The van der Waals surface area contributed by atoms with Gasteiger partial charge in [-0.3, -0.25) is 14.6 Å². The molecule has 0 bridgehead atoms. The van der Waals surface area contributed by atoms with Gasteiger partial charge >= 0.3 is 5.97 Å². The fourth-order valence-electron chi connectivity index (χ4n) is 1.53. The number of hydrogen-bond acceptors (Lipinski definition) is 3. The first-order valence-electron chi connectivity index (χ1n) is 4.66. The van der Waals surface area contributed by atoms with E-state index in [-0.39, 0.29) is 6.54 Å². The standard InChI is InChI=1S/C9H18N2O2/c1-7(2)11-4-8(5-11)10(3)6-9(12)13/h7-8H,4-6H2,1-3H3,(H,12,13). The largest absolute Gasteiger partial charge is 0.480 e. The van der Waals surface area contributed by atoms with Crippen molar-refractivity contribution in [3.05, 3.63) is 0 Å². The predicted molar refractivity (Wildman–Crippen MR) is 50.8 cm³/mol. The summed E-state index contributed by atoms with van der Waals surface area (Å²) in [6.07, 6.45) is 0.